The van der Waals surface area contributed by atoms with Crippen LogP contribution in [0.25, 0.3) is 10.2 Å². The zero-order chi connectivity index (χ0) is 12.4. The standard InChI is InChI=1S/C12H16N2OS2/c1-8(2)5-6-17(15)12-14-10-4-3-9(13)7-11(10)16-12/h3-4,7-8H,5-6,13H2,1-2H3. The van der Waals surface area contributed by atoms with E-state index in [4.69, 9.17) is 5.73 Å². The van der Waals surface area contributed by atoms with E-state index in [0.29, 0.717) is 16.0 Å². The summed E-state index contributed by atoms with van der Waals surface area (Å²) < 4.78 is 13.8. The molecule has 2 rings (SSSR count). The Morgan fingerprint density at radius 3 is 2.94 bits per heavy atom. The summed E-state index contributed by atoms with van der Waals surface area (Å²) in [7, 11) is -0.977. The molecular weight excluding hydrogens is 252 g/mol. The average Bonchev–Trinajstić information content (AvgIpc) is 2.68. The van der Waals surface area contributed by atoms with E-state index in [9.17, 15) is 4.21 Å². The molecule has 0 saturated heterocycles. The van der Waals surface area contributed by atoms with Crippen molar-refractivity contribution in [3.05, 3.63) is 18.2 Å². The molecule has 0 saturated carbocycles. The zero-order valence-electron chi connectivity index (χ0n) is 9.97. The number of anilines is 1. The topological polar surface area (TPSA) is 56.0 Å². The third-order valence-electron chi connectivity index (χ3n) is 2.47. The van der Waals surface area contributed by atoms with E-state index in [1.807, 2.05) is 18.2 Å². The Kier molecular flexibility index (Phi) is 3.79. The van der Waals surface area contributed by atoms with Crippen LogP contribution in [0.1, 0.15) is 20.3 Å². The molecule has 1 aromatic carbocycles. The Labute approximate surface area is 108 Å². The van der Waals surface area contributed by atoms with Gasteiger partial charge in [0.25, 0.3) is 0 Å². The first kappa shape index (κ1) is 12.5. The number of hydrogen-bond donors (Lipinski definition) is 1. The number of nitrogens with zero attached hydrogens (tertiary/aromatic N) is 1. The number of fused-ring (bicyclic) bond motifs is 1. The molecule has 0 bridgehead atoms. The minimum absolute atomic E-state index is 0.573. The fraction of sp³-hybridized carbons (Fsp3) is 0.417. The van der Waals surface area contributed by atoms with E-state index in [1.54, 1.807) is 0 Å². The number of hydrogen-bond acceptors (Lipinski definition) is 4. The quantitative estimate of drug-likeness (QED) is 0.867. The molecule has 0 aliphatic rings. The van der Waals surface area contributed by atoms with Gasteiger partial charge in [-0.25, -0.2) is 4.98 Å². The van der Waals surface area contributed by atoms with Crippen molar-refractivity contribution < 1.29 is 4.21 Å². The van der Waals surface area contributed by atoms with Gasteiger partial charge >= 0.3 is 0 Å². The van der Waals surface area contributed by atoms with Crippen LogP contribution in [0.4, 0.5) is 5.69 Å². The van der Waals surface area contributed by atoms with E-state index in [0.717, 1.165) is 22.3 Å². The second-order valence-corrected chi connectivity index (χ2v) is 7.21. The van der Waals surface area contributed by atoms with Gasteiger partial charge in [-0.2, -0.15) is 0 Å². The Morgan fingerprint density at radius 2 is 2.24 bits per heavy atom. The highest BCUT2D eigenvalue weighted by Crippen LogP contribution is 2.26. The maximum absolute atomic E-state index is 12.0. The van der Waals surface area contributed by atoms with E-state index in [-0.39, 0.29) is 0 Å². The smallest absolute Gasteiger partial charge is 0.181 e. The van der Waals surface area contributed by atoms with Gasteiger partial charge in [0, 0.05) is 11.4 Å². The summed E-state index contributed by atoms with van der Waals surface area (Å²) in [6, 6.07) is 5.59. The molecule has 0 spiro atoms. The van der Waals surface area contributed by atoms with E-state index < -0.39 is 10.8 Å². The Bertz CT molecular complexity index is 548. The Hall–Kier alpha value is -0.940. The van der Waals surface area contributed by atoms with Gasteiger partial charge in [-0.3, -0.25) is 4.21 Å². The number of aromatic nitrogens is 1. The minimum Gasteiger partial charge on any atom is -0.399 e. The van der Waals surface area contributed by atoms with Crippen molar-refractivity contribution in [3.8, 4) is 0 Å². The molecule has 0 aliphatic heterocycles. The predicted molar refractivity (Wildman–Crippen MR) is 74.8 cm³/mol. The second kappa shape index (κ2) is 5.14. The van der Waals surface area contributed by atoms with Gasteiger partial charge in [-0.05, 0) is 30.5 Å². The van der Waals surface area contributed by atoms with Crippen molar-refractivity contribution in [2.45, 2.75) is 24.6 Å². The average molecular weight is 268 g/mol. The molecule has 1 heterocycles. The van der Waals surface area contributed by atoms with Gasteiger partial charge in [0.1, 0.15) is 0 Å². The lowest BCUT2D eigenvalue weighted by Crippen LogP contribution is -2.01. The summed E-state index contributed by atoms with van der Waals surface area (Å²) in [5.41, 5.74) is 7.32. The summed E-state index contributed by atoms with van der Waals surface area (Å²) in [5.74, 6) is 1.26. The highest BCUT2D eigenvalue weighted by atomic mass is 32.2. The monoisotopic (exact) mass is 268 g/mol. The summed E-state index contributed by atoms with van der Waals surface area (Å²) in [6.45, 7) is 4.27. The van der Waals surface area contributed by atoms with E-state index in [2.05, 4.69) is 18.8 Å². The molecule has 2 aromatic rings. The van der Waals surface area contributed by atoms with Crippen LogP contribution in [0.5, 0.6) is 0 Å². The second-order valence-electron chi connectivity index (χ2n) is 4.44. The Balaban J connectivity index is 2.21. The molecular formula is C12H16N2OS2. The summed E-state index contributed by atoms with van der Waals surface area (Å²) in [6.07, 6.45) is 0.963. The van der Waals surface area contributed by atoms with Crippen LogP contribution in [-0.2, 0) is 10.8 Å². The number of thiazole rings is 1. The van der Waals surface area contributed by atoms with Crippen molar-refractivity contribution in [2.24, 2.45) is 5.92 Å². The SMILES string of the molecule is CC(C)CCS(=O)c1nc2ccc(N)cc2s1. The van der Waals surface area contributed by atoms with Gasteiger partial charge in [-0.1, -0.05) is 13.8 Å². The normalized spacial score (nSPS) is 13.4. The molecule has 92 valence electrons. The number of benzene rings is 1. The van der Waals surface area contributed by atoms with Crippen LogP contribution in [0, 0.1) is 5.92 Å². The van der Waals surface area contributed by atoms with Crippen LogP contribution < -0.4 is 5.73 Å². The minimum atomic E-state index is -0.977. The maximum atomic E-state index is 12.0. The largest absolute Gasteiger partial charge is 0.399 e. The fourth-order valence-electron chi connectivity index (χ4n) is 1.45. The van der Waals surface area contributed by atoms with Gasteiger partial charge in [0.15, 0.2) is 4.34 Å². The molecule has 0 radical (unpaired) electrons. The van der Waals surface area contributed by atoms with Crippen LogP contribution in [0.2, 0.25) is 0 Å². The van der Waals surface area contributed by atoms with Crippen molar-refractivity contribution >= 4 is 38.0 Å². The maximum Gasteiger partial charge on any atom is 0.181 e. The molecule has 1 unspecified atom stereocenters. The van der Waals surface area contributed by atoms with Crippen LogP contribution in [0.15, 0.2) is 22.5 Å². The summed E-state index contributed by atoms with van der Waals surface area (Å²) in [4.78, 5) is 4.39. The first-order valence-corrected chi connectivity index (χ1v) is 7.74. The van der Waals surface area contributed by atoms with Gasteiger partial charge in [0.05, 0.1) is 21.0 Å². The van der Waals surface area contributed by atoms with E-state index >= 15 is 0 Å². The van der Waals surface area contributed by atoms with Crippen LogP contribution in [-0.4, -0.2) is 14.9 Å². The molecule has 17 heavy (non-hydrogen) atoms. The first-order valence-electron chi connectivity index (χ1n) is 5.60. The lowest BCUT2D eigenvalue weighted by molar-refractivity contribution is 0.619. The highest BCUT2D eigenvalue weighted by molar-refractivity contribution is 7.87. The summed E-state index contributed by atoms with van der Waals surface area (Å²) in [5, 5.41) is 0. The molecule has 2 N–H and O–H groups in total. The van der Waals surface area contributed by atoms with E-state index in [1.165, 1.54) is 11.3 Å². The molecule has 0 fully saturated rings. The predicted octanol–water partition coefficient (Wildman–Crippen LogP) is 3.03. The first-order chi connectivity index (χ1) is 8.06. The van der Waals surface area contributed by atoms with Gasteiger partial charge in [-0.15, -0.1) is 11.3 Å². The fourth-order valence-corrected chi connectivity index (χ4v) is 4.14. The third kappa shape index (κ3) is 3.04. The highest BCUT2D eigenvalue weighted by Gasteiger charge is 2.11. The van der Waals surface area contributed by atoms with Crippen molar-refractivity contribution in [3.63, 3.8) is 0 Å². The lowest BCUT2D eigenvalue weighted by Gasteiger charge is -2.01. The van der Waals surface area contributed by atoms with Crippen LogP contribution >= 0.6 is 11.3 Å². The summed E-state index contributed by atoms with van der Waals surface area (Å²) >= 11 is 1.48. The van der Waals surface area contributed by atoms with Crippen molar-refractivity contribution in [1.82, 2.24) is 4.98 Å². The zero-order valence-corrected chi connectivity index (χ0v) is 11.6. The van der Waals surface area contributed by atoms with Crippen molar-refractivity contribution in [1.29, 1.82) is 0 Å². The molecule has 5 heteroatoms. The number of rotatable bonds is 4. The molecule has 1 aromatic heterocycles. The number of nitrogens with two attached hydrogens (primary N) is 1. The van der Waals surface area contributed by atoms with Crippen LogP contribution in [0.3, 0.4) is 0 Å². The molecule has 3 nitrogen and oxygen atoms in total. The lowest BCUT2D eigenvalue weighted by atomic mass is 10.2. The number of nitrogen functional groups attached to an aromatic ring is 1. The molecule has 1 atom stereocenters. The van der Waals surface area contributed by atoms with Gasteiger partial charge in [0.2, 0.25) is 0 Å². The Morgan fingerprint density at radius 1 is 1.47 bits per heavy atom. The molecule has 0 amide bonds. The third-order valence-corrected chi connectivity index (χ3v) is 5.18. The van der Waals surface area contributed by atoms with Crippen molar-refractivity contribution in [2.75, 3.05) is 11.5 Å². The molecule has 0 aliphatic carbocycles. The van der Waals surface area contributed by atoms with Gasteiger partial charge < -0.3 is 5.73 Å².